The topological polar surface area (TPSA) is 58.4 Å². The standard InChI is InChI=1S/C16H18BrN3O/c1-10-6-11(17)8-13(7-10)19-15-9-12(18)4-5-14(15)16(21)20(2)3/h4-9,19H,18H2,1-3H3. The fourth-order valence-electron chi connectivity index (χ4n) is 2.06. The van der Waals surface area contributed by atoms with E-state index < -0.39 is 0 Å². The number of halogens is 1. The molecule has 0 spiro atoms. The summed E-state index contributed by atoms with van der Waals surface area (Å²) in [7, 11) is 3.46. The molecule has 0 atom stereocenters. The van der Waals surface area contributed by atoms with E-state index in [9.17, 15) is 4.79 Å². The Kier molecular flexibility index (Phi) is 4.53. The van der Waals surface area contributed by atoms with E-state index in [0.29, 0.717) is 16.9 Å². The Morgan fingerprint density at radius 3 is 2.52 bits per heavy atom. The van der Waals surface area contributed by atoms with Crippen molar-refractivity contribution in [2.45, 2.75) is 6.92 Å². The number of amides is 1. The SMILES string of the molecule is Cc1cc(Br)cc(Nc2cc(N)ccc2C(=O)N(C)C)c1. The van der Waals surface area contributed by atoms with Crippen molar-refractivity contribution in [2.75, 3.05) is 25.1 Å². The number of rotatable bonds is 3. The van der Waals surface area contributed by atoms with Crippen LogP contribution in [0, 0.1) is 6.92 Å². The van der Waals surface area contributed by atoms with Gasteiger partial charge in [0.1, 0.15) is 0 Å². The van der Waals surface area contributed by atoms with E-state index in [1.165, 1.54) is 0 Å². The van der Waals surface area contributed by atoms with Crippen LogP contribution in [0.4, 0.5) is 17.1 Å². The minimum absolute atomic E-state index is 0.0655. The zero-order valence-electron chi connectivity index (χ0n) is 12.3. The lowest BCUT2D eigenvalue weighted by atomic mass is 10.1. The van der Waals surface area contributed by atoms with Crippen LogP contribution in [-0.4, -0.2) is 24.9 Å². The van der Waals surface area contributed by atoms with Crippen molar-refractivity contribution in [3.8, 4) is 0 Å². The maximum atomic E-state index is 12.2. The highest BCUT2D eigenvalue weighted by molar-refractivity contribution is 9.10. The Bertz CT molecular complexity index is 663. The summed E-state index contributed by atoms with van der Waals surface area (Å²) in [6.07, 6.45) is 0. The van der Waals surface area contributed by atoms with Gasteiger partial charge in [-0.2, -0.15) is 0 Å². The van der Waals surface area contributed by atoms with Crippen LogP contribution in [-0.2, 0) is 0 Å². The van der Waals surface area contributed by atoms with E-state index >= 15 is 0 Å². The second kappa shape index (κ2) is 6.18. The molecule has 110 valence electrons. The van der Waals surface area contributed by atoms with Gasteiger partial charge in [-0.05, 0) is 48.9 Å². The Labute approximate surface area is 133 Å². The highest BCUT2D eigenvalue weighted by Crippen LogP contribution is 2.27. The van der Waals surface area contributed by atoms with Crippen LogP contribution in [0.1, 0.15) is 15.9 Å². The maximum Gasteiger partial charge on any atom is 0.255 e. The molecule has 0 saturated heterocycles. The molecule has 5 heteroatoms. The molecule has 2 aromatic rings. The minimum Gasteiger partial charge on any atom is -0.399 e. The Morgan fingerprint density at radius 2 is 1.90 bits per heavy atom. The molecule has 2 rings (SSSR count). The predicted molar refractivity (Wildman–Crippen MR) is 91.0 cm³/mol. The van der Waals surface area contributed by atoms with Gasteiger partial charge in [0.2, 0.25) is 0 Å². The molecule has 0 heterocycles. The van der Waals surface area contributed by atoms with Crippen LogP contribution in [0.15, 0.2) is 40.9 Å². The van der Waals surface area contributed by atoms with Gasteiger partial charge in [0, 0.05) is 29.9 Å². The molecule has 0 aliphatic carbocycles. The first-order valence-electron chi connectivity index (χ1n) is 6.52. The second-order valence-electron chi connectivity index (χ2n) is 5.15. The summed E-state index contributed by atoms with van der Waals surface area (Å²) in [6, 6.07) is 11.2. The van der Waals surface area contributed by atoms with Crippen molar-refractivity contribution in [2.24, 2.45) is 0 Å². The number of nitrogen functional groups attached to an aromatic ring is 1. The van der Waals surface area contributed by atoms with E-state index in [0.717, 1.165) is 15.7 Å². The first-order valence-corrected chi connectivity index (χ1v) is 7.31. The summed E-state index contributed by atoms with van der Waals surface area (Å²) >= 11 is 3.47. The Morgan fingerprint density at radius 1 is 1.19 bits per heavy atom. The fourth-order valence-corrected chi connectivity index (χ4v) is 2.66. The molecule has 0 unspecified atom stereocenters. The number of hydrogen-bond donors (Lipinski definition) is 2. The number of carbonyl (C=O) groups is 1. The number of hydrogen-bond acceptors (Lipinski definition) is 3. The largest absolute Gasteiger partial charge is 0.399 e. The summed E-state index contributed by atoms with van der Waals surface area (Å²) in [4.78, 5) is 13.8. The summed E-state index contributed by atoms with van der Waals surface area (Å²) in [5, 5.41) is 3.27. The van der Waals surface area contributed by atoms with Gasteiger partial charge in [0.15, 0.2) is 0 Å². The molecule has 1 amide bonds. The van der Waals surface area contributed by atoms with Crippen LogP contribution in [0.2, 0.25) is 0 Å². The monoisotopic (exact) mass is 347 g/mol. The van der Waals surface area contributed by atoms with E-state index in [-0.39, 0.29) is 5.91 Å². The number of nitrogens with two attached hydrogens (primary N) is 1. The average Bonchev–Trinajstić information content (AvgIpc) is 2.36. The second-order valence-corrected chi connectivity index (χ2v) is 6.06. The molecule has 0 aliphatic heterocycles. The first-order chi connectivity index (χ1) is 9.86. The number of nitrogens with zero attached hydrogens (tertiary/aromatic N) is 1. The van der Waals surface area contributed by atoms with Crippen molar-refractivity contribution < 1.29 is 4.79 Å². The van der Waals surface area contributed by atoms with Gasteiger partial charge < -0.3 is 16.0 Å². The highest BCUT2D eigenvalue weighted by Gasteiger charge is 2.14. The quantitative estimate of drug-likeness (QED) is 0.830. The van der Waals surface area contributed by atoms with E-state index in [1.54, 1.807) is 37.2 Å². The van der Waals surface area contributed by atoms with E-state index in [4.69, 9.17) is 5.73 Å². The molecule has 2 aromatic carbocycles. The van der Waals surface area contributed by atoms with Gasteiger partial charge in [0.25, 0.3) is 5.91 Å². The molecule has 0 aromatic heterocycles. The first kappa shape index (κ1) is 15.4. The van der Waals surface area contributed by atoms with Gasteiger partial charge in [-0.1, -0.05) is 15.9 Å². The molecule has 21 heavy (non-hydrogen) atoms. The lowest BCUT2D eigenvalue weighted by Gasteiger charge is -2.16. The third-order valence-electron chi connectivity index (χ3n) is 3.00. The Hall–Kier alpha value is -2.01. The number of aryl methyl sites for hydroxylation is 1. The third kappa shape index (κ3) is 3.76. The van der Waals surface area contributed by atoms with Gasteiger partial charge in [-0.25, -0.2) is 0 Å². The normalized spacial score (nSPS) is 10.3. The molecule has 0 saturated carbocycles. The van der Waals surface area contributed by atoms with Crippen molar-refractivity contribution in [1.82, 2.24) is 4.90 Å². The summed E-state index contributed by atoms with van der Waals surface area (Å²) in [5.74, 6) is -0.0655. The zero-order chi connectivity index (χ0) is 15.6. The number of anilines is 3. The number of nitrogens with one attached hydrogen (secondary N) is 1. The molecule has 0 fully saturated rings. The van der Waals surface area contributed by atoms with Crippen molar-refractivity contribution in [3.63, 3.8) is 0 Å². The summed E-state index contributed by atoms with van der Waals surface area (Å²) in [6.45, 7) is 2.02. The highest BCUT2D eigenvalue weighted by atomic mass is 79.9. The van der Waals surface area contributed by atoms with Crippen LogP contribution in [0.5, 0.6) is 0 Å². The van der Waals surface area contributed by atoms with Crippen LogP contribution < -0.4 is 11.1 Å². The summed E-state index contributed by atoms with van der Waals surface area (Å²) in [5.41, 5.74) is 9.77. The lowest BCUT2D eigenvalue weighted by Crippen LogP contribution is -2.22. The van der Waals surface area contributed by atoms with Crippen molar-refractivity contribution in [1.29, 1.82) is 0 Å². The molecule has 4 nitrogen and oxygen atoms in total. The lowest BCUT2D eigenvalue weighted by molar-refractivity contribution is 0.0828. The van der Waals surface area contributed by atoms with Crippen LogP contribution >= 0.6 is 15.9 Å². The van der Waals surface area contributed by atoms with Crippen molar-refractivity contribution >= 4 is 38.9 Å². The molecular weight excluding hydrogens is 330 g/mol. The molecule has 3 N–H and O–H groups in total. The zero-order valence-corrected chi connectivity index (χ0v) is 13.9. The molecule has 0 radical (unpaired) electrons. The van der Waals surface area contributed by atoms with Gasteiger partial charge in [-0.3, -0.25) is 4.79 Å². The Balaban J connectivity index is 2.43. The van der Waals surface area contributed by atoms with E-state index in [1.807, 2.05) is 25.1 Å². The smallest absolute Gasteiger partial charge is 0.255 e. The molecule has 0 aliphatic rings. The third-order valence-corrected chi connectivity index (χ3v) is 3.46. The van der Waals surface area contributed by atoms with Crippen LogP contribution in [0.3, 0.4) is 0 Å². The van der Waals surface area contributed by atoms with Gasteiger partial charge in [0.05, 0.1) is 11.3 Å². The predicted octanol–water partition coefficient (Wildman–Crippen LogP) is 3.79. The van der Waals surface area contributed by atoms with Crippen molar-refractivity contribution in [3.05, 3.63) is 52.0 Å². The molecular formula is C16H18BrN3O. The number of carbonyl (C=O) groups excluding carboxylic acids is 1. The number of benzene rings is 2. The fraction of sp³-hybridized carbons (Fsp3) is 0.188. The molecule has 0 bridgehead atoms. The van der Waals surface area contributed by atoms with Gasteiger partial charge >= 0.3 is 0 Å². The maximum absolute atomic E-state index is 12.2. The van der Waals surface area contributed by atoms with E-state index in [2.05, 4.69) is 21.2 Å². The average molecular weight is 348 g/mol. The minimum atomic E-state index is -0.0655. The van der Waals surface area contributed by atoms with Crippen LogP contribution in [0.25, 0.3) is 0 Å². The summed E-state index contributed by atoms with van der Waals surface area (Å²) < 4.78 is 0.981. The van der Waals surface area contributed by atoms with Gasteiger partial charge in [-0.15, -0.1) is 0 Å².